The summed E-state index contributed by atoms with van der Waals surface area (Å²) >= 11 is 0. The van der Waals surface area contributed by atoms with Gasteiger partial charge < -0.3 is 10.2 Å². The average Bonchev–Trinajstić information content (AvgIpc) is 2.47. The molecule has 0 saturated heterocycles. The quantitative estimate of drug-likeness (QED) is 0.906. The maximum Gasteiger partial charge on any atom is 0.255 e. The van der Waals surface area contributed by atoms with Crippen LogP contribution >= 0.6 is 0 Å². The van der Waals surface area contributed by atoms with Gasteiger partial charge in [-0.3, -0.25) is 9.78 Å². The Hall–Kier alpha value is -2.43. The van der Waals surface area contributed by atoms with Crippen LogP contribution in [0, 0.1) is 0 Å². The van der Waals surface area contributed by atoms with E-state index in [1.165, 1.54) is 0 Å². The molecular weight excluding hydrogens is 240 g/mol. The zero-order valence-electron chi connectivity index (χ0n) is 11.0. The second-order valence-electron chi connectivity index (χ2n) is 4.20. The highest BCUT2D eigenvalue weighted by molar-refractivity contribution is 5.93. The van der Waals surface area contributed by atoms with Gasteiger partial charge in [0.05, 0.1) is 5.56 Å². The van der Waals surface area contributed by atoms with Gasteiger partial charge in [0, 0.05) is 39.2 Å². The Balaban J connectivity index is 2.06. The van der Waals surface area contributed by atoms with Gasteiger partial charge in [-0.25, -0.2) is 4.98 Å². The first-order valence-corrected chi connectivity index (χ1v) is 5.99. The molecule has 0 fully saturated rings. The molecule has 0 radical (unpaired) electrons. The van der Waals surface area contributed by atoms with Crippen LogP contribution in [0.2, 0.25) is 0 Å². The predicted molar refractivity (Wildman–Crippen MR) is 73.8 cm³/mol. The number of hydrogen-bond donors (Lipinski definition) is 1. The summed E-state index contributed by atoms with van der Waals surface area (Å²) in [6.07, 6.45) is 5.02. The van der Waals surface area contributed by atoms with Crippen molar-refractivity contribution in [3.8, 4) is 0 Å². The van der Waals surface area contributed by atoms with Gasteiger partial charge >= 0.3 is 0 Å². The minimum atomic E-state index is -0.0491. The molecule has 0 aromatic carbocycles. The normalized spacial score (nSPS) is 10.0. The third kappa shape index (κ3) is 3.28. The van der Waals surface area contributed by atoms with Gasteiger partial charge in [-0.05, 0) is 29.8 Å². The van der Waals surface area contributed by atoms with Gasteiger partial charge in [-0.2, -0.15) is 0 Å². The van der Waals surface area contributed by atoms with E-state index in [0.29, 0.717) is 12.1 Å². The van der Waals surface area contributed by atoms with Crippen molar-refractivity contribution in [2.75, 3.05) is 19.4 Å². The van der Waals surface area contributed by atoms with Crippen molar-refractivity contribution in [2.24, 2.45) is 0 Å². The Kier molecular flexibility index (Phi) is 4.07. The fourth-order valence-electron chi connectivity index (χ4n) is 1.72. The molecule has 2 aromatic rings. The van der Waals surface area contributed by atoms with E-state index < -0.39 is 0 Å². The van der Waals surface area contributed by atoms with Crippen molar-refractivity contribution >= 4 is 11.7 Å². The van der Waals surface area contributed by atoms with Crippen LogP contribution in [0.15, 0.2) is 42.9 Å². The third-order valence-electron chi connectivity index (χ3n) is 2.78. The summed E-state index contributed by atoms with van der Waals surface area (Å²) in [5.74, 6) is 0.695. The van der Waals surface area contributed by atoms with Crippen LogP contribution in [-0.2, 0) is 6.54 Å². The van der Waals surface area contributed by atoms with Crippen molar-refractivity contribution in [3.05, 3.63) is 54.0 Å². The molecule has 0 unspecified atom stereocenters. The van der Waals surface area contributed by atoms with Crippen molar-refractivity contribution in [1.82, 2.24) is 14.9 Å². The zero-order valence-corrected chi connectivity index (χ0v) is 11.0. The molecule has 0 aliphatic rings. The number of anilines is 1. The van der Waals surface area contributed by atoms with Crippen LogP contribution in [0.5, 0.6) is 0 Å². The van der Waals surface area contributed by atoms with Gasteiger partial charge in [0.2, 0.25) is 0 Å². The van der Waals surface area contributed by atoms with E-state index >= 15 is 0 Å². The first-order chi connectivity index (χ1) is 9.20. The van der Waals surface area contributed by atoms with Crippen LogP contribution < -0.4 is 5.32 Å². The van der Waals surface area contributed by atoms with E-state index in [0.717, 1.165) is 11.4 Å². The predicted octanol–water partition coefficient (Wildman–Crippen LogP) is 1.79. The summed E-state index contributed by atoms with van der Waals surface area (Å²) in [4.78, 5) is 22.0. The molecular formula is C14H16N4O. The van der Waals surface area contributed by atoms with Crippen LogP contribution in [0.3, 0.4) is 0 Å². The molecule has 1 amide bonds. The number of nitrogens with zero attached hydrogens (tertiary/aromatic N) is 3. The molecule has 2 aromatic heterocycles. The lowest BCUT2D eigenvalue weighted by molar-refractivity contribution is 0.0784. The monoisotopic (exact) mass is 256 g/mol. The maximum atomic E-state index is 12.2. The number of carbonyl (C=O) groups excluding carboxylic acids is 1. The van der Waals surface area contributed by atoms with Gasteiger partial charge in [0.15, 0.2) is 0 Å². The molecule has 19 heavy (non-hydrogen) atoms. The van der Waals surface area contributed by atoms with E-state index in [1.807, 2.05) is 12.1 Å². The second kappa shape index (κ2) is 5.95. The number of aromatic nitrogens is 2. The van der Waals surface area contributed by atoms with Gasteiger partial charge in [-0.15, -0.1) is 0 Å². The number of pyridine rings is 2. The average molecular weight is 256 g/mol. The van der Waals surface area contributed by atoms with Crippen molar-refractivity contribution in [1.29, 1.82) is 0 Å². The van der Waals surface area contributed by atoms with E-state index in [1.54, 1.807) is 49.7 Å². The van der Waals surface area contributed by atoms with Crippen molar-refractivity contribution in [3.63, 3.8) is 0 Å². The van der Waals surface area contributed by atoms with Crippen molar-refractivity contribution < 1.29 is 4.79 Å². The Morgan fingerprint density at radius 1 is 1.26 bits per heavy atom. The summed E-state index contributed by atoms with van der Waals surface area (Å²) < 4.78 is 0. The molecule has 0 aliphatic heterocycles. The Morgan fingerprint density at radius 3 is 2.58 bits per heavy atom. The highest BCUT2D eigenvalue weighted by Gasteiger charge is 2.12. The molecule has 5 nitrogen and oxygen atoms in total. The molecule has 98 valence electrons. The Labute approximate surface area is 112 Å². The fraction of sp³-hybridized carbons (Fsp3) is 0.214. The number of carbonyl (C=O) groups is 1. The van der Waals surface area contributed by atoms with Crippen LogP contribution in [0.1, 0.15) is 15.9 Å². The lowest BCUT2D eigenvalue weighted by Gasteiger charge is -2.17. The van der Waals surface area contributed by atoms with Gasteiger partial charge in [-0.1, -0.05) is 0 Å². The summed E-state index contributed by atoms with van der Waals surface area (Å²) in [5, 5.41) is 2.92. The fourth-order valence-corrected chi connectivity index (χ4v) is 1.72. The largest absolute Gasteiger partial charge is 0.373 e. The smallest absolute Gasteiger partial charge is 0.255 e. The Morgan fingerprint density at radius 2 is 2.00 bits per heavy atom. The van der Waals surface area contributed by atoms with Crippen LogP contribution in [0.4, 0.5) is 5.82 Å². The molecule has 0 atom stereocenters. The number of hydrogen-bond acceptors (Lipinski definition) is 4. The minimum Gasteiger partial charge on any atom is -0.373 e. The molecule has 1 N–H and O–H groups in total. The SMILES string of the molecule is CNc1ccc(C(=O)N(C)Cc2ccncc2)cn1. The van der Waals surface area contributed by atoms with E-state index in [9.17, 15) is 4.79 Å². The molecule has 0 aliphatic carbocycles. The zero-order chi connectivity index (χ0) is 13.7. The molecule has 0 saturated carbocycles. The Bertz CT molecular complexity index is 539. The van der Waals surface area contributed by atoms with E-state index in [-0.39, 0.29) is 5.91 Å². The first-order valence-electron chi connectivity index (χ1n) is 5.99. The summed E-state index contributed by atoms with van der Waals surface area (Å²) in [5.41, 5.74) is 1.63. The summed E-state index contributed by atoms with van der Waals surface area (Å²) in [7, 11) is 3.56. The maximum absolute atomic E-state index is 12.2. The van der Waals surface area contributed by atoms with Crippen LogP contribution in [0.25, 0.3) is 0 Å². The summed E-state index contributed by atoms with van der Waals surface area (Å²) in [6.45, 7) is 0.551. The molecule has 0 bridgehead atoms. The lowest BCUT2D eigenvalue weighted by atomic mass is 10.2. The topological polar surface area (TPSA) is 58.1 Å². The third-order valence-corrected chi connectivity index (χ3v) is 2.78. The van der Waals surface area contributed by atoms with Crippen molar-refractivity contribution in [2.45, 2.75) is 6.54 Å². The number of amides is 1. The van der Waals surface area contributed by atoms with E-state index in [4.69, 9.17) is 0 Å². The number of rotatable bonds is 4. The highest BCUT2D eigenvalue weighted by Crippen LogP contribution is 2.09. The van der Waals surface area contributed by atoms with E-state index in [2.05, 4.69) is 15.3 Å². The molecule has 0 spiro atoms. The highest BCUT2D eigenvalue weighted by atomic mass is 16.2. The number of nitrogens with one attached hydrogen (secondary N) is 1. The molecule has 2 rings (SSSR count). The molecule has 2 heterocycles. The minimum absolute atomic E-state index is 0.0491. The first kappa shape index (κ1) is 13.0. The molecule has 5 heteroatoms. The van der Waals surface area contributed by atoms with Gasteiger partial charge in [0.1, 0.15) is 5.82 Å². The second-order valence-corrected chi connectivity index (χ2v) is 4.20. The van der Waals surface area contributed by atoms with Gasteiger partial charge in [0.25, 0.3) is 5.91 Å². The standard InChI is InChI=1S/C14H16N4O/c1-15-13-4-3-12(9-17-13)14(19)18(2)10-11-5-7-16-8-6-11/h3-9H,10H2,1-2H3,(H,15,17). The summed E-state index contributed by atoms with van der Waals surface area (Å²) in [6, 6.07) is 7.34. The van der Waals surface area contributed by atoms with Crippen LogP contribution in [-0.4, -0.2) is 34.9 Å². The lowest BCUT2D eigenvalue weighted by Crippen LogP contribution is -2.26.